The lowest BCUT2D eigenvalue weighted by Crippen LogP contribution is -2.49. The van der Waals surface area contributed by atoms with Gasteiger partial charge < -0.3 is 20.6 Å². The Morgan fingerprint density at radius 1 is 1.15 bits per heavy atom. The van der Waals surface area contributed by atoms with Gasteiger partial charge >= 0.3 is 0 Å². The van der Waals surface area contributed by atoms with Crippen LogP contribution in [0.3, 0.4) is 0 Å². The predicted octanol–water partition coefficient (Wildman–Crippen LogP) is 1.06. The number of nitrogens with zero attached hydrogens (tertiary/aromatic N) is 1. The largest absolute Gasteiger partial charge is 0.508 e. The summed E-state index contributed by atoms with van der Waals surface area (Å²) < 4.78 is 0. The van der Waals surface area contributed by atoms with Gasteiger partial charge in [0.1, 0.15) is 11.5 Å². The van der Waals surface area contributed by atoms with E-state index in [4.69, 9.17) is 0 Å². The van der Waals surface area contributed by atoms with Gasteiger partial charge in [0, 0.05) is 50.3 Å². The fourth-order valence-corrected chi connectivity index (χ4v) is 2.96. The molecule has 5 heteroatoms. The second kappa shape index (κ2) is 5.99. The van der Waals surface area contributed by atoms with E-state index >= 15 is 0 Å². The zero-order chi connectivity index (χ0) is 14.8. The Bertz CT molecular complexity index is 436. The molecule has 0 aliphatic carbocycles. The molecule has 1 aliphatic rings. The first kappa shape index (κ1) is 15.1. The summed E-state index contributed by atoms with van der Waals surface area (Å²) in [5, 5.41) is 32.5. The van der Waals surface area contributed by atoms with Crippen molar-refractivity contribution >= 4 is 0 Å². The van der Waals surface area contributed by atoms with Crippen molar-refractivity contribution in [3.8, 4) is 11.5 Å². The number of benzene rings is 1. The van der Waals surface area contributed by atoms with Gasteiger partial charge in [-0.25, -0.2) is 0 Å². The molecular formula is C15H24N2O3. The summed E-state index contributed by atoms with van der Waals surface area (Å²) in [5.41, 5.74) is 0.473. The monoisotopic (exact) mass is 280 g/mol. The van der Waals surface area contributed by atoms with Gasteiger partial charge in [-0.05, 0) is 17.7 Å². The third-order valence-electron chi connectivity index (χ3n) is 3.91. The van der Waals surface area contributed by atoms with Crippen molar-refractivity contribution < 1.29 is 15.3 Å². The maximum atomic E-state index is 9.73. The molecule has 1 aliphatic heterocycles. The number of aromatic hydroxyl groups is 2. The number of aliphatic hydroxyl groups excluding tert-OH is 1. The highest BCUT2D eigenvalue weighted by Crippen LogP contribution is 2.40. The standard InChI is InChI=1S/C15H24N2O3/c1-15(2,10-18)14(17-5-3-16-4-6-17)11-7-12(19)9-13(20)8-11/h7-9,14,16,18-20H,3-6,10H2,1-2H3/t14-/m0/s1. The van der Waals surface area contributed by atoms with Crippen LogP contribution in [0.2, 0.25) is 0 Å². The van der Waals surface area contributed by atoms with Crippen LogP contribution >= 0.6 is 0 Å². The normalized spacial score (nSPS) is 18.9. The first-order chi connectivity index (χ1) is 9.44. The molecule has 1 fully saturated rings. The van der Waals surface area contributed by atoms with E-state index in [2.05, 4.69) is 10.2 Å². The van der Waals surface area contributed by atoms with Gasteiger partial charge in [0.2, 0.25) is 0 Å². The van der Waals surface area contributed by atoms with Crippen LogP contribution in [-0.4, -0.2) is 53.0 Å². The van der Waals surface area contributed by atoms with Crippen LogP contribution in [0.25, 0.3) is 0 Å². The number of phenols is 2. The van der Waals surface area contributed by atoms with E-state index in [1.165, 1.54) is 6.07 Å². The van der Waals surface area contributed by atoms with Crippen LogP contribution < -0.4 is 5.32 Å². The first-order valence-corrected chi connectivity index (χ1v) is 7.02. The first-order valence-electron chi connectivity index (χ1n) is 7.02. The maximum absolute atomic E-state index is 9.73. The number of aliphatic hydroxyl groups is 1. The number of piperazine rings is 1. The number of hydrogen-bond donors (Lipinski definition) is 4. The summed E-state index contributed by atoms with van der Waals surface area (Å²) in [4.78, 5) is 2.29. The number of nitrogens with one attached hydrogen (secondary N) is 1. The lowest BCUT2D eigenvalue weighted by atomic mass is 9.79. The van der Waals surface area contributed by atoms with Crippen LogP contribution in [0.5, 0.6) is 11.5 Å². The third kappa shape index (κ3) is 3.23. The highest BCUT2D eigenvalue weighted by Gasteiger charge is 2.36. The molecule has 112 valence electrons. The molecular weight excluding hydrogens is 256 g/mol. The topological polar surface area (TPSA) is 76.0 Å². The Kier molecular flexibility index (Phi) is 4.52. The van der Waals surface area contributed by atoms with E-state index in [1.807, 2.05) is 13.8 Å². The summed E-state index contributed by atoms with van der Waals surface area (Å²) in [5.74, 6) is 0.0998. The molecule has 0 amide bonds. The van der Waals surface area contributed by atoms with E-state index in [0.29, 0.717) is 0 Å². The smallest absolute Gasteiger partial charge is 0.119 e. The van der Waals surface area contributed by atoms with Crippen LogP contribution in [0.1, 0.15) is 25.5 Å². The van der Waals surface area contributed by atoms with Crippen molar-refractivity contribution in [2.24, 2.45) is 5.41 Å². The molecule has 1 aromatic rings. The highest BCUT2D eigenvalue weighted by molar-refractivity contribution is 5.39. The molecule has 1 heterocycles. The summed E-state index contributed by atoms with van der Waals surface area (Å²) in [6.45, 7) is 7.61. The van der Waals surface area contributed by atoms with Crippen LogP contribution in [0.4, 0.5) is 0 Å². The van der Waals surface area contributed by atoms with Crippen molar-refractivity contribution in [2.75, 3.05) is 32.8 Å². The molecule has 1 atom stereocenters. The second-order valence-electron chi connectivity index (χ2n) is 6.12. The van der Waals surface area contributed by atoms with E-state index in [9.17, 15) is 15.3 Å². The Labute approximate surface area is 119 Å². The fraction of sp³-hybridized carbons (Fsp3) is 0.600. The number of rotatable bonds is 4. The van der Waals surface area contributed by atoms with Crippen molar-refractivity contribution in [1.29, 1.82) is 0 Å². The minimum Gasteiger partial charge on any atom is -0.508 e. The van der Waals surface area contributed by atoms with Crippen LogP contribution in [-0.2, 0) is 0 Å². The number of hydrogen-bond acceptors (Lipinski definition) is 5. The lowest BCUT2D eigenvalue weighted by molar-refractivity contribution is 0.0303. The molecule has 4 N–H and O–H groups in total. The Hall–Kier alpha value is -1.30. The highest BCUT2D eigenvalue weighted by atomic mass is 16.3. The van der Waals surface area contributed by atoms with Gasteiger partial charge in [-0.3, -0.25) is 4.90 Å². The molecule has 1 saturated heterocycles. The van der Waals surface area contributed by atoms with Crippen molar-refractivity contribution in [1.82, 2.24) is 10.2 Å². The summed E-state index contributed by atoms with van der Waals surface area (Å²) >= 11 is 0. The van der Waals surface area contributed by atoms with E-state index in [0.717, 1.165) is 31.7 Å². The van der Waals surface area contributed by atoms with Gasteiger partial charge in [0.15, 0.2) is 0 Å². The van der Waals surface area contributed by atoms with Gasteiger partial charge in [0.25, 0.3) is 0 Å². The lowest BCUT2D eigenvalue weighted by Gasteiger charge is -2.43. The van der Waals surface area contributed by atoms with Gasteiger partial charge in [-0.15, -0.1) is 0 Å². The molecule has 0 saturated carbocycles. The second-order valence-corrected chi connectivity index (χ2v) is 6.12. The van der Waals surface area contributed by atoms with Crippen molar-refractivity contribution in [3.05, 3.63) is 23.8 Å². The molecule has 1 aromatic carbocycles. The molecule has 0 bridgehead atoms. The minimum atomic E-state index is -0.364. The zero-order valence-corrected chi connectivity index (χ0v) is 12.1. The average molecular weight is 280 g/mol. The molecule has 20 heavy (non-hydrogen) atoms. The predicted molar refractivity (Wildman–Crippen MR) is 77.8 cm³/mol. The molecule has 0 unspecified atom stereocenters. The van der Waals surface area contributed by atoms with Crippen molar-refractivity contribution in [3.63, 3.8) is 0 Å². The third-order valence-corrected chi connectivity index (χ3v) is 3.91. The maximum Gasteiger partial charge on any atom is 0.119 e. The SMILES string of the molecule is CC(C)(CO)[C@H](c1cc(O)cc(O)c1)N1CCNCC1. The Morgan fingerprint density at radius 2 is 1.70 bits per heavy atom. The van der Waals surface area contributed by atoms with E-state index < -0.39 is 0 Å². The van der Waals surface area contributed by atoms with Crippen LogP contribution in [0, 0.1) is 5.41 Å². The summed E-state index contributed by atoms with van der Waals surface area (Å²) in [6, 6.07) is 4.62. The zero-order valence-electron chi connectivity index (χ0n) is 12.1. The molecule has 2 rings (SSSR count). The van der Waals surface area contributed by atoms with E-state index in [1.54, 1.807) is 12.1 Å². The molecule has 0 spiro atoms. The Balaban J connectivity index is 2.39. The molecule has 0 radical (unpaired) electrons. The molecule has 0 aromatic heterocycles. The number of phenolic OH excluding ortho intramolecular Hbond substituents is 2. The summed E-state index contributed by atoms with van der Waals surface area (Å²) in [7, 11) is 0. The van der Waals surface area contributed by atoms with Gasteiger partial charge in [-0.1, -0.05) is 13.8 Å². The summed E-state index contributed by atoms with van der Waals surface area (Å²) in [6.07, 6.45) is 0. The Morgan fingerprint density at radius 3 is 2.20 bits per heavy atom. The van der Waals surface area contributed by atoms with Gasteiger partial charge in [-0.2, -0.15) is 0 Å². The average Bonchev–Trinajstić information content (AvgIpc) is 2.39. The van der Waals surface area contributed by atoms with Gasteiger partial charge in [0.05, 0.1) is 0 Å². The van der Waals surface area contributed by atoms with Crippen LogP contribution in [0.15, 0.2) is 18.2 Å². The quantitative estimate of drug-likeness (QED) is 0.663. The van der Waals surface area contributed by atoms with E-state index in [-0.39, 0.29) is 29.6 Å². The minimum absolute atomic E-state index is 0.0397. The molecule has 5 nitrogen and oxygen atoms in total. The fourth-order valence-electron chi connectivity index (χ4n) is 2.96. The van der Waals surface area contributed by atoms with Crippen molar-refractivity contribution in [2.45, 2.75) is 19.9 Å².